The van der Waals surface area contributed by atoms with E-state index in [4.69, 9.17) is 9.47 Å². The minimum atomic E-state index is -1.71. The van der Waals surface area contributed by atoms with Gasteiger partial charge in [-0.15, -0.1) is 0 Å². The topological polar surface area (TPSA) is 155 Å². The van der Waals surface area contributed by atoms with E-state index in [1.54, 1.807) is 20.8 Å². The lowest BCUT2D eigenvalue weighted by atomic mass is 9.98. The molecule has 2 aromatic carbocycles. The molecule has 0 radical (unpaired) electrons. The van der Waals surface area contributed by atoms with E-state index in [1.807, 2.05) is 74.5 Å². The molecule has 2 heterocycles. The zero-order chi connectivity index (χ0) is 36.4. The van der Waals surface area contributed by atoms with Crippen LogP contribution in [0.2, 0.25) is 0 Å². The number of alkyl carbamates (subject to hydrolysis) is 1. The highest BCUT2D eigenvalue weighted by Gasteiger charge is 2.44. The molecule has 0 bridgehead atoms. The molecule has 2 aromatic rings. The zero-order valence-corrected chi connectivity index (χ0v) is 29.8. The molecule has 4 amide bonds. The van der Waals surface area contributed by atoms with Gasteiger partial charge in [0, 0.05) is 13.1 Å². The summed E-state index contributed by atoms with van der Waals surface area (Å²) in [7, 11) is 0. The lowest BCUT2D eigenvalue weighted by Gasteiger charge is -2.33. The second kappa shape index (κ2) is 17.5. The minimum Gasteiger partial charge on any atom is -0.459 e. The number of likely N-dealkylation sites (tertiary alicyclic amines) is 2. The fraction of sp³-hybridized carbons (Fsp3) is 0.553. The van der Waals surface area contributed by atoms with Crippen molar-refractivity contribution in [1.29, 1.82) is 0 Å². The third kappa shape index (κ3) is 10.8. The lowest BCUT2D eigenvalue weighted by Crippen LogP contribution is -2.58. The van der Waals surface area contributed by atoms with Gasteiger partial charge in [0.25, 0.3) is 5.91 Å². The molecule has 5 atom stereocenters. The summed E-state index contributed by atoms with van der Waals surface area (Å²) in [6.07, 6.45) is 0.0190. The first-order chi connectivity index (χ1) is 23.7. The van der Waals surface area contributed by atoms with Gasteiger partial charge in [-0.25, -0.2) is 9.59 Å². The average molecular weight is 693 g/mol. The third-order valence-electron chi connectivity index (χ3n) is 8.82. The molecule has 4 rings (SSSR count). The van der Waals surface area contributed by atoms with Crippen LogP contribution in [0.3, 0.4) is 0 Å². The van der Waals surface area contributed by atoms with E-state index < -0.39 is 59.7 Å². The number of amides is 4. The molecule has 2 aliphatic rings. The number of aliphatic hydroxyl groups is 1. The molecule has 12 nitrogen and oxygen atoms in total. The van der Waals surface area contributed by atoms with E-state index in [2.05, 4.69) is 10.6 Å². The van der Waals surface area contributed by atoms with Crippen LogP contribution < -0.4 is 10.6 Å². The second-order valence-corrected chi connectivity index (χ2v) is 14.6. The van der Waals surface area contributed by atoms with Gasteiger partial charge in [-0.1, -0.05) is 74.5 Å². The first-order valence-electron chi connectivity index (χ1n) is 17.6. The van der Waals surface area contributed by atoms with Crippen LogP contribution in [0.1, 0.15) is 77.8 Å². The standard InChI is InChI=1S/C38H52N4O8/c1-25(2)22-29(39-33(44)32(43)28(23-26-14-8-6-9-15-26)40-37(48)50-38(3,4)5)34(45)41-20-12-18-30(41)35(46)42-21-13-19-31(42)36(47)49-24-27-16-10-7-11-17-27/h6-11,14-17,25,28-32,43H,12-13,18-24H2,1-5H3,(H,39,44)(H,40,48)/t28-,29+,30+,31+,32+/m1/s1. The SMILES string of the molecule is CC(C)C[C@H](NC(=O)[C@@H](O)[C@@H](Cc1ccccc1)NC(=O)OC(C)(C)C)C(=O)N1CCC[C@H]1C(=O)N1CCC[C@H]1C(=O)OCc1ccccc1. The van der Waals surface area contributed by atoms with Gasteiger partial charge >= 0.3 is 12.1 Å². The maximum atomic E-state index is 14.1. The molecule has 2 aliphatic heterocycles. The summed E-state index contributed by atoms with van der Waals surface area (Å²) in [5, 5.41) is 16.6. The highest BCUT2D eigenvalue weighted by atomic mass is 16.6. The van der Waals surface area contributed by atoms with Crippen molar-refractivity contribution in [2.45, 2.75) is 116 Å². The van der Waals surface area contributed by atoms with E-state index in [1.165, 1.54) is 9.80 Å². The van der Waals surface area contributed by atoms with Gasteiger partial charge in [-0.2, -0.15) is 0 Å². The summed E-state index contributed by atoms with van der Waals surface area (Å²) in [6.45, 7) is 9.76. The Labute approximate surface area is 294 Å². The van der Waals surface area contributed by atoms with Crippen molar-refractivity contribution < 1.29 is 38.6 Å². The van der Waals surface area contributed by atoms with Gasteiger partial charge in [-0.3, -0.25) is 14.4 Å². The molecule has 272 valence electrons. The molecule has 0 aromatic heterocycles. The Morgan fingerprint density at radius 3 is 2.02 bits per heavy atom. The molecule has 0 aliphatic carbocycles. The van der Waals surface area contributed by atoms with Crippen molar-refractivity contribution in [3.05, 3.63) is 71.8 Å². The Kier molecular flexibility index (Phi) is 13.4. The molecule has 3 N–H and O–H groups in total. The van der Waals surface area contributed by atoms with Crippen LogP contribution in [0, 0.1) is 5.92 Å². The summed E-state index contributed by atoms with van der Waals surface area (Å²) < 4.78 is 11.0. The van der Waals surface area contributed by atoms with Crippen LogP contribution in [0.15, 0.2) is 60.7 Å². The second-order valence-electron chi connectivity index (χ2n) is 14.6. The van der Waals surface area contributed by atoms with Gasteiger partial charge in [0.15, 0.2) is 6.10 Å². The third-order valence-corrected chi connectivity index (χ3v) is 8.82. The van der Waals surface area contributed by atoms with Crippen molar-refractivity contribution in [3.8, 4) is 0 Å². The van der Waals surface area contributed by atoms with Crippen LogP contribution in [0.5, 0.6) is 0 Å². The fourth-order valence-electron chi connectivity index (χ4n) is 6.48. The van der Waals surface area contributed by atoms with E-state index in [9.17, 15) is 29.1 Å². The fourth-order valence-corrected chi connectivity index (χ4v) is 6.48. The number of hydrogen-bond donors (Lipinski definition) is 3. The molecular weight excluding hydrogens is 640 g/mol. The predicted molar refractivity (Wildman–Crippen MR) is 186 cm³/mol. The van der Waals surface area contributed by atoms with Crippen LogP contribution in [0.4, 0.5) is 4.79 Å². The number of aliphatic hydroxyl groups excluding tert-OH is 1. The van der Waals surface area contributed by atoms with Crippen molar-refractivity contribution in [2.75, 3.05) is 13.1 Å². The number of carbonyl (C=O) groups is 5. The summed E-state index contributed by atoms with van der Waals surface area (Å²) in [6, 6.07) is 14.8. The largest absolute Gasteiger partial charge is 0.459 e. The highest BCUT2D eigenvalue weighted by molar-refractivity contribution is 5.95. The van der Waals surface area contributed by atoms with Crippen LogP contribution in [-0.4, -0.2) is 93.7 Å². The van der Waals surface area contributed by atoms with Crippen molar-refractivity contribution in [3.63, 3.8) is 0 Å². The Hall–Kier alpha value is -4.45. The smallest absolute Gasteiger partial charge is 0.407 e. The monoisotopic (exact) mass is 692 g/mol. The van der Waals surface area contributed by atoms with Gasteiger partial charge in [0.1, 0.15) is 30.3 Å². The first-order valence-corrected chi connectivity index (χ1v) is 17.6. The maximum absolute atomic E-state index is 14.1. The van der Waals surface area contributed by atoms with Crippen molar-refractivity contribution >= 4 is 29.8 Å². The molecule has 0 unspecified atom stereocenters. The minimum absolute atomic E-state index is 0.0134. The molecule has 0 saturated carbocycles. The number of carbonyl (C=O) groups excluding carboxylic acids is 5. The summed E-state index contributed by atoms with van der Waals surface area (Å²) in [4.78, 5) is 70.5. The quantitative estimate of drug-likeness (QED) is 0.269. The Morgan fingerprint density at radius 2 is 1.42 bits per heavy atom. The van der Waals surface area contributed by atoms with Gasteiger partial charge in [0.05, 0.1) is 6.04 Å². The van der Waals surface area contributed by atoms with E-state index in [0.717, 1.165) is 11.1 Å². The van der Waals surface area contributed by atoms with Crippen LogP contribution in [-0.2, 0) is 41.7 Å². The number of nitrogens with zero attached hydrogens (tertiary/aromatic N) is 2. The average Bonchev–Trinajstić information content (AvgIpc) is 3.76. The number of hydrogen-bond acceptors (Lipinski definition) is 8. The molecule has 50 heavy (non-hydrogen) atoms. The van der Waals surface area contributed by atoms with Crippen molar-refractivity contribution in [2.24, 2.45) is 5.92 Å². The maximum Gasteiger partial charge on any atom is 0.407 e. The van der Waals surface area contributed by atoms with Gasteiger partial charge < -0.3 is 35.0 Å². The molecule has 0 spiro atoms. The number of ether oxygens (including phenoxy) is 2. The number of esters is 1. The Balaban J connectivity index is 1.45. The molecule has 12 heteroatoms. The summed E-state index contributed by atoms with van der Waals surface area (Å²) in [5.74, 6) is -2.06. The van der Waals surface area contributed by atoms with E-state index >= 15 is 0 Å². The van der Waals surface area contributed by atoms with E-state index in [-0.39, 0.29) is 31.3 Å². The Bertz CT molecular complexity index is 1460. The van der Waals surface area contributed by atoms with E-state index in [0.29, 0.717) is 38.8 Å². The van der Waals surface area contributed by atoms with Gasteiger partial charge in [-0.05, 0) is 76.3 Å². The number of nitrogens with one attached hydrogen (secondary N) is 2. The molecule has 2 saturated heterocycles. The van der Waals surface area contributed by atoms with Gasteiger partial charge in [0.2, 0.25) is 11.8 Å². The lowest BCUT2D eigenvalue weighted by molar-refractivity contribution is -0.157. The highest BCUT2D eigenvalue weighted by Crippen LogP contribution is 2.27. The molecule has 2 fully saturated rings. The van der Waals surface area contributed by atoms with Crippen LogP contribution in [0.25, 0.3) is 0 Å². The normalized spacial score (nSPS) is 19.4. The Morgan fingerprint density at radius 1 is 0.840 bits per heavy atom. The number of rotatable bonds is 13. The zero-order valence-electron chi connectivity index (χ0n) is 29.8. The van der Waals surface area contributed by atoms with Crippen LogP contribution >= 0.6 is 0 Å². The predicted octanol–water partition coefficient (Wildman–Crippen LogP) is 3.74. The summed E-state index contributed by atoms with van der Waals surface area (Å²) in [5.41, 5.74) is 0.822. The summed E-state index contributed by atoms with van der Waals surface area (Å²) >= 11 is 0. The molecular formula is C38H52N4O8. The number of benzene rings is 2. The van der Waals surface area contributed by atoms with Crippen molar-refractivity contribution in [1.82, 2.24) is 20.4 Å². The first kappa shape index (κ1) is 38.4.